The fraction of sp³-hybridized carbons (Fsp3) is 0. The van der Waals surface area contributed by atoms with Crippen molar-refractivity contribution < 1.29 is 5.21 Å². The molecule has 0 bridgehead atoms. The van der Waals surface area contributed by atoms with Gasteiger partial charge < -0.3 is 10.5 Å². The second-order valence-electron chi connectivity index (χ2n) is 1.72. The zero-order valence-electron chi connectivity index (χ0n) is 5.70. The van der Waals surface area contributed by atoms with E-state index in [4.69, 9.17) is 5.21 Å². The average Bonchev–Trinajstić information content (AvgIpc) is 2.07. The Morgan fingerprint density at radius 3 is 3.00 bits per heavy atom. The van der Waals surface area contributed by atoms with E-state index in [1.807, 2.05) is 0 Å². The van der Waals surface area contributed by atoms with Crippen LogP contribution in [-0.2, 0) is 0 Å². The summed E-state index contributed by atoms with van der Waals surface area (Å²) in [5.74, 6) is 0.474. The molecule has 0 aliphatic heterocycles. The van der Waals surface area contributed by atoms with Gasteiger partial charge >= 0.3 is 0 Å². The molecule has 0 amide bonds. The predicted molar refractivity (Wildman–Crippen MR) is 51.3 cm³/mol. The molecule has 0 atom stereocenters. The number of hydrogen-bond donors (Lipinski definition) is 2. The van der Waals surface area contributed by atoms with E-state index in [0.717, 1.165) is 6.34 Å². The summed E-state index contributed by atoms with van der Waals surface area (Å²) < 4.78 is 1.14. The van der Waals surface area contributed by atoms with Crippen LogP contribution < -0.4 is 5.32 Å². The van der Waals surface area contributed by atoms with Crippen molar-refractivity contribution in [3.8, 4) is 0 Å². The van der Waals surface area contributed by atoms with Crippen molar-refractivity contribution >= 4 is 44.0 Å². The Morgan fingerprint density at radius 2 is 2.33 bits per heavy atom. The molecule has 0 saturated carbocycles. The Hall–Kier alpha value is -0.690. The number of halogens is 2. The summed E-state index contributed by atoms with van der Waals surface area (Å²) in [4.78, 5) is 7.94. The van der Waals surface area contributed by atoms with Crippen LogP contribution in [0, 0.1) is 0 Å². The summed E-state index contributed by atoms with van der Waals surface area (Å²) in [5, 5.41) is 13.5. The first-order chi connectivity index (χ1) is 5.74. The molecule has 1 aromatic heterocycles. The first-order valence-corrected chi connectivity index (χ1v) is 4.43. The SMILES string of the molecule is O/N=C/Nc1nc(Br)cnc1Br. The monoisotopic (exact) mass is 294 g/mol. The van der Waals surface area contributed by atoms with Gasteiger partial charge in [-0.2, -0.15) is 0 Å². The standard InChI is InChI=1S/C5H4Br2N4O/c6-3-1-8-4(7)5(11-3)9-2-10-12/h1-2,12H,(H,9,10,11). The van der Waals surface area contributed by atoms with Crippen LogP contribution in [-0.4, -0.2) is 21.5 Å². The molecule has 64 valence electrons. The quantitative estimate of drug-likeness (QED) is 0.378. The Bertz CT molecular complexity index is 303. The lowest BCUT2D eigenvalue weighted by atomic mass is 10.7. The normalized spacial score (nSPS) is 10.5. The maximum atomic E-state index is 8.12. The maximum Gasteiger partial charge on any atom is 0.165 e. The zero-order chi connectivity index (χ0) is 8.97. The first-order valence-electron chi connectivity index (χ1n) is 2.84. The van der Waals surface area contributed by atoms with E-state index in [1.165, 1.54) is 0 Å². The van der Waals surface area contributed by atoms with Crippen LogP contribution in [0.5, 0.6) is 0 Å². The zero-order valence-corrected chi connectivity index (χ0v) is 8.87. The third kappa shape index (κ3) is 2.42. The number of hydrogen-bond acceptors (Lipinski definition) is 4. The molecule has 0 spiro atoms. The smallest absolute Gasteiger partial charge is 0.165 e. The molecule has 0 unspecified atom stereocenters. The molecule has 12 heavy (non-hydrogen) atoms. The maximum absolute atomic E-state index is 8.12. The lowest BCUT2D eigenvalue weighted by Gasteiger charge is -2.00. The van der Waals surface area contributed by atoms with E-state index in [1.54, 1.807) is 6.20 Å². The third-order valence-electron chi connectivity index (χ3n) is 0.957. The van der Waals surface area contributed by atoms with Gasteiger partial charge in [0.2, 0.25) is 0 Å². The van der Waals surface area contributed by atoms with E-state index >= 15 is 0 Å². The molecule has 0 fully saturated rings. The summed E-state index contributed by atoms with van der Waals surface area (Å²) in [6.07, 6.45) is 2.65. The molecular formula is C5H4Br2N4O. The largest absolute Gasteiger partial charge is 0.410 e. The molecule has 1 rings (SSSR count). The van der Waals surface area contributed by atoms with Crippen LogP contribution in [0.2, 0.25) is 0 Å². The number of nitrogens with one attached hydrogen (secondary N) is 1. The molecule has 0 radical (unpaired) electrons. The highest BCUT2D eigenvalue weighted by Crippen LogP contribution is 2.18. The first kappa shape index (κ1) is 9.40. The number of rotatable bonds is 2. The van der Waals surface area contributed by atoms with Crippen molar-refractivity contribution in [3.63, 3.8) is 0 Å². The second-order valence-corrected chi connectivity index (χ2v) is 3.28. The molecule has 0 aliphatic rings. The predicted octanol–water partition coefficient (Wildman–Crippen LogP) is 1.83. The summed E-state index contributed by atoms with van der Waals surface area (Å²) in [5.41, 5.74) is 0. The van der Waals surface area contributed by atoms with Gasteiger partial charge in [-0.05, 0) is 31.9 Å². The lowest BCUT2D eigenvalue weighted by Crippen LogP contribution is -1.99. The van der Waals surface area contributed by atoms with Crippen molar-refractivity contribution in [2.24, 2.45) is 5.16 Å². The van der Waals surface area contributed by atoms with Crippen molar-refractivity contribution in [2.75, 3.05) is 5.32 Å². The van der Waals surface area contributed by atoms with Crippen LogP contribution in [0.25, 0.3) is 0 Å². The molecule has 7 heteroatoms. The van der Waals surface area contributed by atoms with Gasteiger partial charge in [0.15, 0.2) is 5.82 Å². The van der Waals surface area contributed by atoms with E-state index in [-0.39, 0.29) is 0 Å². The Morgan fingerprint density at radius 1 is 1.58 bits per heavy atom. The topological polar surface area (TPSA) is 70.4 Å². The van der Waals surface area contributed by atoms with E-state index < -0.39 is 0 Å². The van der Waals surface area contributed by atoms with E-state index in [2.05, 4.69) is 52.3 Å². The number of oxime groups is 1. The minimum atomic E-state index is 0.474. The molecule has 0 saturated heterocycles. The van der Waals surface area contributed by atoms with E-state index in [9.17, 15) is 0 Å². The minimum Gasteiger partial charge on any atom is -0.410 e. The van der Waals surface area contributed by atoms with E-state index in [0.29, 0.717) is 15.0 Å². The van der Waals surface area contributed by atoms with Crippen LogP contribution in [0.3, 0.4) is 0 Å². The van der Waals surface area contributed by atoms with Gasteiger partial charge in [0.25, 0.3) is 0 Å². The lowest BCUT2D eigenvalue weighted by molar-refractivity contribution is 0.321. The van der Waals surface area contributed by atoms with Crippen LogP contribution >= 0.6 is 31.9 Å². The number of anilines is 1. The minimum absolute atomic E-state index is 0.474. The van der Waals surface area contributed by atoms with Crippen LogP contribution in [0.1, 0.15) is 0 Å². The fourth-order valence-corrected chi connectivity index (χ4v) is 1.12. The van der Waals surface area contributed by atoms with Crippen molar-refractivity contribution in [3.05, 3.63) is 15.4 Å². The van der Waals surface area contributed by atoms with Crippen molar-refractivity contribution in [1.29, 1.82) is 0 Å². The van der Waals surface area contributed by atoms with Gasteiger partial charge in [-0.25, -0.2) is 9.97 Å². The summed E-state index contributed by atoms with van der Waals surface area (Å²) in [7, 11) is 0. The number of aromatic nitrogens is 2. The molecule has 0 aromatic carbocycles. The third-order valence-corrected chi connectivity index (χ3v) is 1.92. The molecule has 2 N–H and O–H groups in total. The number of nitrogens with zero attached hydrogens (tertiary/aromatic N) is 3. The Balaban J connectivity index is 2.89. The van der Waals surface area contributed by atoms with Crippen LogP contribution in [0.15, 0.2) is 20.6 Å². The van der Waals surface area contributed by atoms with Crippen molar-refractivity contribution in [1.82, 2.24) is 9.97 Å². The average molecular weight is 296 g/mol. The summed E-state index contributed by atoms with van der Waals surface area (Å²) in [6.45, 7) is 0. The Kier molecular flexibility index (Phi) is 3.42. The Labute approximate surface area is 85.2 Å². The highest BCUT2D eigenvalue weighted by molar-refractivity contribution is 9.11. The highest BCUT2D eigenvalue weighted by atomic mass is 79.9. The molecule has 0 aliphatic carbocycles. The van der Waals surface area contributed by atoms with Gasteiger partial charge in [-0.15, -0.1) is 0 Å². The fourth-order valence-electron chi connectivity index (χ4n) is 0.535. The van der Waals surface area contributed by atoms with Crippen molar-refractivity contribution in [2.45, 2.75) is 0 Å². The second kappa shape index (κ2) is 4.36. The molecule has 5 nitrogen and oxygen atoms in total. The van der Waals surface area contributed by atoms with Gasteiger partial charge in [-0.3, -0.25) is 0 Å². The molecular weight excluding hydrogens is 292 g/mol. The highest BCUT2D eigenvalue weighted by Gasteiger charge is 2.00. The summed E-state index contributed by atoms with van der Waals surface area (Å²) >= 11 is 6.31. The van der Waals surface area contributed by atoms with Gasteiger partial charge in [-0.1, -0.05) is 5.16 Å². The molecule has 1 aromatic rings. The van der Waals surface area contributed by atoms with Crippen LogP contribution in [0.4, 0.5) is 5.82 Å². The summed E-state index contributed by atoms with van der Waals surface area (Å²) in [6, 6.07) is 0. The van der Waals surface area contributed by atoms with Gasteiger partial charge in [0, 0.05) is 0 Å². The van der Waals surface area contributed by atoms with Gasteiger partial charge in [0.05, 0.1) is 6.20 Å². The van der Waals surface area contributed by atoms with Gasteiger partial charge in [0.1, 0.15) is 15.5 Å². The molecule has 1 heterocycles.